The van der Waals surface area contributed by atoms with Gasteiger partial charge in [0.1, 0.15) is 0 Å². The maximum absolute atomic E-state index is 12.0. The number of nitrogens with one attached hydrogen (secondary N) is 1. The summed E-state index contributed by atoms with van der Waals surface area (Å²) < 4.78 is 0. The summed E-state index contributed by atoms with van der Waals surface area (Å²) >= 11 is 0. The van der Waals surface area contributed by atoms with Gasteiger partial charge in [0.15, 0.2) is 0 Å². The number of aliphatic hydroxyl groups excluding tert-OH is 1. The normalized spacial score (nSPS) is 35.8. The number of pyridine rings is 1. The van der Waals surface area contributed by atoms with Gasteiger partial charge in [0.2, 0.25) is 5.91 Å². The highest BCUT2D eigenvalue weighted by Crippen LogP contribution is 2.50. The molecule has 0 aromatic carbocycles. The van der Waals surface area contributed by atoms with Crippen LogP contribution in [-0.2, 0) is 11.3 Å². The van der Waals surface area contributed by atoms with E-state index < -0.39 is 0 Å². The summed E-state index contributed by atoms with van der Waals surface area (Å²) in [5.74, 6) is 2.98. The fourth-order valence-electron chi connectivity index (χ4n) is 5.38. The van der Waals surface area contributed by atoms with Crippen LogP contribution in [0.4, 0.5) is 0 Å². The number of carbonyl (C=O) groups is 1. The van der Waals surface area contributed by atoms with E-state index in [9.17, 15) is 9.90 Å². The number of aromatic nitrogens is 1. The van der Waals surface area contributed by atoms with Gasteiger partial charge in [-0.25, -0.2) is 0 Å². The molecular weight excluding hydrogens is 348 g/mol. The van der Waals surface area contributed by atoms with Crippen molar-refractivity contribution in [2.24, 2.45) is 35.5 Å². The lowest BCUT2D eigenvalue weighted by atomic mass is 9.56. The van der Waals surface area contributed by atoms with Crippen LogP contribution in [0.15, 0.2) is 48.8 Å². The summed E-state index contributed by atoms with van der Waals surface area (Å²) in [5, 5.41) is 13.5. The average molecular weight is 383 g/mol. The van der Waals surface area contributed by atoms with Crippen molar-refractivity contribution < 1.29 is 9.90 Å². The molecule has 1 aromatic heterocycles. The molecule has 0 aliphatic heterocycles. The number of rotatable bonds is 5. The molecule has 28 heavy (non-hydrogen) atoms. The summed E-state index contributed by atoms with van der Waals surface area (Å²) in [6, 6.07) is 3.81. The standard InChI is InChI=1S/C24H34N2O2/c1-16-10-11-20-13-17(2)24(28)18(3)23(20)21(16)8-4-5-9-22(27)26-15-19-7-6-12-25-14-19/h4-9,12,14,16-18,20-21,23-24,28H,10-11,13,15H2,1-3H3,(H,26,27)/b8-4+,9-5+/t16-,17+,18-,20?,21-,23-,24-/m0/s1. The third kappa shape index (κ3) is 4.91. The summed E-state index contributed by atoms with van der Waals surface area (Å²) in [7, 11) is 0. The predicted molar refractivity (Wildman–Crippen MR) is 112 cm³/mol. The quantitative estimate of drug-likeness (QED) is 0.595. The molecule has 0 spiro atoms. The molecule has 3 rings (SSSR count). The Kier molecular flexibility index (Phi) is 7.06. The first-order chi connectivity index (χ1) is 13.5. The Morgan fingerprint density at radius 3 is 2.82 bits per heavy atom. The number of aliphatic hydroxyl groups is 1. The lowest BCUT2D eigenvalue weighted by Crippen LogP contribution is -2.47. The van der Waals surface area contributed by atoms with Gasteiger partial charge in [-0.1, -0.05) is 45.1 Å². The van der Waals surface area contributed by atoms with E-state index in [4.69, 9.17) is 0 Å². The highest BCUT2D eigenvalue weighted by Gasteiger charge is 2.46. The van der Waals surface area contributed by atoms with E-state index in [1.54, 1.807) is 18.5 Å². The molecule has 4 heteroatoms. The van der Waals surface area contributed by atoms with Gasteiger partial charge >= 0.3 is 0 Å². The van der Waals surface area contributed by atoms with Crippen LogP contribution in [-0.4, -0.2) is 22.1 Å². The van der Waals surface area contributed by atoms with E-state index in [1.165, 1.54) is 12.8 Å². The van der Waals surface area contributed by atoms with Gasteiger partial charge < -0.3 is 10.4 Å². The van der Waals surface area contributed by atoms with Crippen LogP contribution < -0.4 is 5.32 Å². The number of hydrogen-bond donors (Lipinski definition) is 2. The van der Waals surface area contributed by atoms with Gasteiger partial charge in [0, 0.05) is 25.0 Å². The Morgan fingerprint density at radius 2 is 2.07 bits per heavy atom. The molecule has 7 atom stereocenters. The van der Waals surface area contributed by atoms with Crippen LogP contribution in [0.2, 0.25) is 0 Å². The lowest BCUT2D eigenvalue weighted by molar-refractivity contribution is -0.116. The zero-order valence-corrected chi connectivity index (χ0v) is 17.3. The smallest absolute Gasteiger partial charge is 0.244 e. The lowest BCUT2D eigenvalue weighted by Gasteiger charge is -2.50. The largest absolute Gasteiger partial charge is 0.393 e. The number of amides is 1. The van der Waals surface area contributed by atoms with Gasteiger partial charge in [-0.2, -0.15) is 0 Å². The molecule has 152 valence electrons. The highest BCUT2D eigenvalue weighted by molar-refractivity contribution is 5.87. The SMILES string of the molecule is C[C@@H]1[C@@H](O)[C@H](C)CC2CC[C@H](C)[C@H](/C=C/C=C/C(=O)NCc3cccnc3)[C@H]21. The first-order valence-electron chi connectivity index (χ1n) is 10.7. The summed E-state index contributed by atoms with van der Waals surface area (Å²) in [6.07, 6.45) is 14.7. The molecule has 1 unspecified atom stereocenters. The third-order valence-electron chi connectivity index (χ3n) is 6.92. The van der Waals surface area contributed by atoms with E-state index in [2.05, 4.69) is 37.1 Å². The van der Waals surface area contributed by atoms with Gasteiger partial charge in [-0.3, -0.25) is 9.78 Å². The van der Waals surface area contributed by atoms with Crippen LogP contribution in [0, 0.1) is 35.5 Å². The molecule has 0 bridgehead atoms. The number of hydrogen-bond acceptors (Lipinski definition) is 3. The molecule has 2 N–H and O–H groups in total. The second-order valence-corrected chi connectivity index (χ2v) is 8.86. The van der Waals surface area contributed by atoms with Crippen molar-refractivity contribution in [3.63, 3.8) is 0 Å². The molecule has 0 radical (unpaired) electrons. The third-order valence-corrected chi connectivity index (χ3v) is 6.92. The van der Waals surface area contributed by atoms with E-state index in [0.717, 1.165) is 12.0 Å². The summed E-state index contributed by atoms with van der Waals surface area (Å²) in [6.45, 7) is 7.22. The van der Waals surface area contributed by atoms with Crippen LogP contribution in [0.1, 0.15) is 45.6 Å². The average Bonchev–Trinajstić information content (AvgIpc) is 2.70. The Bertz CT molecular complexity index is 698. The highest BCUT2D eigenvalue weighted by atomic mass is 16.3. The minimum atomic E-state index is -0.198. The van der Waals surface area contributed by atoms with Gasteiger partial charge in [0.05, 0.1) is 6.10 Å². The molecule has 0 saturated heterocycles. The first kappa shape index (κ1) is 20.8. The van der Waals surface area contributed by atoms with E-state index in [1.807, 2.05) is 24.3 Å². The molecule has 1 amide bonds. The fourth-order valence-corrected chi connectivity index (χ4v) is 5.38. The maximum Gasteiger partial charge on any atom is 0.244 e. The molecule has 2 saturated carbocycles. The first-order valence-corrected chi connectivity index (χ1v) is 10.7. The Balaban J connectivity index is 1.57. The number of carbonyl (C=O) groups excluding carboxylic acids is 1. The number of nitrogens with zero attached hydrogens (tertiary/aromatic N) is 1. The van der Waals surface area contributed by atoms with Crippen LogP contribution >= 0.6 is 0 Å². The molecular formula is C24H34N2O2. The van der Waals surface area contributed by atoms with Gasteiger partial charge in [0.25, 0.3) is 0 Å². The monoisotopic (exact) mass is 382 g/mol. The second-order valence-electron chi connectivity index (χ2n) is 8.86. The van der Waals surface area contributed by atoms with E-state index >= 15 is 0 Å². The Morgan fingerprint density at radius 1 is 1.25 bits per heavy atom. The van der Waals surface area contributed by atoms with E-state index in [0.29, 0.717) is 42.1 Å². The van der Waals surface area contributed by atoms with Crippen LogP contribution in [0.5, 0.6) is 0 Å². The molecule has 4 nitrogen and oxygen atoms in total. The van der Waals surface area contributed by atoms with Crippen LogP contribution in [0.25, 0.3) is 0 Å². The van der Waals surface area contributed by atoms with Gasteiger partial charge in [-0.05, 0) is 66.4 Å². The van der Waals surface area contributed by atoms with Crippen molar-refractivity contribution in [3.05, 3.63) is 54.4 Å². The molecule has 2 fully saturated rings. The van der Waals surface area contributed by atoms with Gasteiger partial charge in [-0.15, -0.1) is 0 Å². The topological polar surface area (TPSA) is 62.2 Å². The van der Waals surface area contributed by atoms with E-state index in [-0.39, 0.29) is 12.0 Å². The maximum atomic E-state index is 12.0. The van der Waals surface area contributed by atoms with Crippen molar-refractivity contribution >= 4 is 5.91 Å². The molecule has 1 aromatic rings. The van der Waals surface area contributed by atoms with Crippen molar-refractivity contribution in [1.82, 2.24) is 10.3 Å². The number of fused-ring (bicyclic) bond motifs is 1. The molecule has 2 aliphatic carbocycles. The zero-order valence-electron chi connectivity index (χ0n) is 17.3. The van der Waals surface area contributed by atoms with Crippen LogP contribution in [0.3, 0.4) is 0 Å². The Labute approximate surface area is 169 Å². The number of allylic oxidation sites excluding steroid dienone is 3. The Hall–Kier alpha value is -1.94. The van der Waals surface area contributed by atoms with Crippen molar-refractivity contribution in [2.45, 2.75) is 52.7 Å². The predicted octanol–water partition coefficient (Wildman–Crippen LogP) is 4.13. The zero-order chi connectivity index (χ0) is 20.1. The van der Waals surface area contributed by atoms with Crippen molar-refractivity contribution in [1.29, 1.82) is 0 Å². The summed E-state index contributed by atoms with van der Waals surface area (Å²) in [5.41, 5.74) is 0.987. The fraction of sp³-hybridized carbons (Fsp3) is 0.583. The second kappa shape index (κ2) is 9.51. The minimum Gasteiger partial charge on any atom is -0.393 e. The molecule has 2 aliphatic rings. The molecule has 1 heterocycles. The van der Waals surface area contributed by atoms with Crippen molar-refractivity contribution in [3.8, 4) is 0 Å². The minimum absolute atomic E-state index is 0.0987. The van der Waals surface area contributed by atoms with Crippen molar-refractivity contribution in [2.75, 3.05) is 0 Å². The summed E-state index contributed by atoms with van der Waals surface area (Å²) in [4.78, 5) is 16.1.